The average Bonchev–Trinajstić information content (AvgIpc) is 3.12. The van der Waals surface area contributed by atoms with Crippen LogP contribution in [0.1, 0.15) is 97.5 Å². The van der Waals surface area contributed by atoms with Crippen molar-refractivity contribution in [3.05, 3.63) is 48.1 Å². The number of benzene rings is 1. The van der Waals surface area contributed by atoms with Crippen LogP contribution >= 0.6 is 11.6 Å². The third-order valence-electron chi connectivity index (χ3n) is 9.98. The normalized spacial score (nSPS) is 25.3. The predicted molar refractivity (Wildman–Crippen MR) is 205 cm³/mol. The first kappa shape index (κ1) is 42.4. The molecular weight excluding hydrogens is 702 g/mol. The molecule has 296 valence electrons. The van der Waals surface area contributed by atoms with E-state index in [-0.39, 0.29) is 56.5 Å². The Bertz CT molecular complexity index is 1450. The maximum Gasteiger partial charge on any atom is 0.412 e. The number of amides is 2. The zero-order valence-corrected chi connectivity index (χ0v) is 32.9. The number of carbonyl (C=O) groups excluding carboxylic acids is 2. The highest BCUT2D eigenvalue weighted by Crippen LogP contribution is 2.62. The Kier molecular flexibility index (Phi) is 15.9. The number of alkyl halides is 1. The summed E-state index contributed by atoms with van der Waals surface area (Å²) >= 11 is 5.97. The SMILES string of the molecule is C=CCOC12Oc3ccc(OC(=O)NCC)cc3C3C(CCCCO)C(CCCCO)C=C(C(=NOC(C)(C)C)CC1N(CCC)C(=O)OCCCl)C32. The smallest absolute Gasteiger partial charge is 0.412 e. The molecule has 3 aliphatic rings. The number of oxime groups is 1. The molecule has 1 saturated carbocycles. The number of nitrogens with one attached hydrogen (secondary N) is 1. The highest BCUT2D eigenvalue weighted by Gasteiger charge is 2.65. The number of carbonyl (C=O) groups is 2. The van der Waals surface area contributed by atoms with Crippen molar-refractivity contribution in [2.75, 3.05) is 45.4 Å². The number of fused-ring (bicyclic) bond motifs is 2. The van der Waals surface area contributed by atoms with Crippen LogP contribution in [0.3, 0.4) is 0 Å². The number of aliphatic hydroxyl groups excluding tert-OH is 2. The topological polar surface area (TPSA) is 148 Å². The number of rotatable bonds is 19. The van der Waals surface area contributed by atoms with Crippen molar-refractivity contribution in [3.63, 3.8) is 0 Å². The van der Waals surface area contributed by atoms with Gasteiger partial charge in [0.15, 0.2) is 0 Å². The Balaban J connectivity index is 2.06. The molecule has 1 aliphatic heterocycles. The lowest BCUT2D eigenvalue weighted by Crippen LogP contribution is -2.70. The molecule has 3 N–H and O–H groups in total. The van der Waals surface area contributed by atoms with Gasteiger partial charge < -0.3 is 39.3 Å². The van der Waals surface area contributed by atoms with Gasteiger partial charge in [-0.3, -0.25) is 4.90 Å². The highest BCUT2D eigenvalue weighted by atomic mass is 35.5. The maximum absolute atomic E-state index is 14.0. The minimum atomic E-state index is -1.42. The summed E-state index contributed by atoms with van der Waals surface area (Å²) in [5.74, 6) is -1.01. The molecule has 0 saturated heterocycles. The first-order valence-corrected chi connectivity index (χ1v) is 19.7. The van der Waals surface area contributed by atoms with E-state index in [1.54, 1.807) is 17.0 Å². The van der Waals surface area contributed by atoms with Crippen LogP contribution in [-0.4, -0.2) is 95.8 Å². The number of hydrogen-bond donors (Lipinski definition) is 3. The number of ether oxygens (including phenoxy) is 4. The molecule has 0 aromatic heterocycles. The van der Waals surface area contributed by atoms with E-state index in [9.17, 15) is 19.8 Å². The van der Waals surface area contributed by atoms with E-state index in [0.717, 1.165) is 36.8 Å². The van der Waals surface area contributed by atoms with E-state index in [4.69, 9.17) is 40.5 Å². The molecule has 1 aromatic rings. The Morgan fingerprint density at radius 2 is 1.89 bits per heavy atom. The molecule has 12 nitrogen and oxygen atoms in total. The molecule has 13 heteroatoms. The Morgan fingerprint density at radius 1 is 1.15 bits per heavy atom. The summed E-state index contributed by atoms with van der Waals surface area (Å²) in [6.07, 6.45) is 8.25. The van der Waals surface area contributed by atoms with Gasteiger partial charge in [-0.15, -0.1) is 18.2 Å². The van der Waals surface area contributed by atoms with E-state index in [0.29, 0.717) is 49.6 Å². The second kappa shape index (κ2) is 19.8. The first-order valence-electron chi connectivity index (χ1n) is 19.2. The van der Waals surface area contributed by atoms with Gasteiger partial charge in [0.25, 0.3) is 0 Å². The van der Waals surface area contributed by atoms with Crippen molar-refractivity contribution in [2.45, 2.75) is 109 Å². The zero-order valence-electron chi connectivity index (χ0n) is 32.1. The van der Waals surface area contributed by atoms with Crippen molar-refractivity contribution in [3.8, 4) is 11.5 Å². The lowest BCUT2D eigenvalue weighted by atomic mass is 9.55. The predicted octanol–water partition coefficient (Wildman–Crippen LogP) is 7.31. The van der Waals surface area contributed by atoms with Crippen LogP contribution in [0.25, 0.3) is 0 Å². The van der Waals surface area contributed by atoms with Gasteiger partial charge in [0.05, 0.1) is 24.1 Å². The number of allylic oxidation sites excluding steroid dienone is 1. The first-order chi connectivity index (χ1) is 25.5. The largest absolute Gasteiger partial charge is 0.459 e. The van der Waals surface area contributed by atoms with Gasteiger partial charge in [-0.25, -0.2) is 9.59 Å². The lowest BCUT2D eigenvalue weighted by molar-refractivity contribution is -0.255. The van der Waals surface area contributed by atoms with Crippen LogP contribution < -0.4 is 14.8 Å². The minimum Gasteiger partial charge on any atom is -0.459 e. The number of aliphatic hydroxyl groups is 2. The number of halogens is 1. The highest BCUT2D eigenvalue weighted by molar-refractivity contribution is 6.18. The molecule has 0 spiro atoms. The van der Waals surface area contributed by atoms with Gasteiger partial charge in [-0.2, -0.15) is 0 Å². The van der Waals surface area contributed by atoms with E-state index in [1.165, 1.54) is 0 Å². The van der Waals surface area contributed by atoms with Gasteiger partial charge in [0.1, 0.15) is 29.7 Å². The molecule has 6 atom stereocenters. The Morgan fingerprint density at radius 3 is 2.53 bits per heavy atom. The molecule has 1 aromatic carbocycles. The summed E-state index contributed by atoms with van der Waals surface area (Å²) in [5, 5.41) is 27.1. The minimum absolute atomic E-state index is 0.0226. The van der Waals surface area contributed by atoms with Crippen molar-refractivity contribution in [2.24, 2.45) is 22.9 Å². The van der Waals surface area contributed by atoms with Crippen LogP contribution in [0.5, 0.6) is 11.5 Å². The number of nitrogens with zero attached hydrogens (tertiary/aromatic N) is 2. The van der Waals surface area contributed by atoms with E-state index >= 15 is 0 Å². The van der Waals surface area contributed by atoms with Crippen LogP contribution in [0, 0.1) is 17.8 Å². The fraction of sp³-hybridized carbons (Fsp3) is 0.675. The lowest BCUT2D eigenvalue weighted by Gasteiger charge is -2.60. The van der Waals surface area contributed by atoms with Gasteiger partial charge in [0.2, 0.25) is 5.79 Å². The summed E-state index contributed by atoms with van der Waals surface area (Å²) < 4.78 is 25.5. The molecule has 1 heterocycles. The van der Waals surface area contributed by atoms with E-state index in [2.05, 4.69) is 18.0 Å². The molecular formula is C40H60ClN3O9. The van der Waals surface area contributed by atoms with Crippen LogP contribution in [0.15, 0.2) is 47.7 Å². The van der Waals surface area contributed by atoms with Crippen LogP contribution in [-0.2, 0) is 14.3 Å². The summed E-state index contributed by atoms with van der Waals surface area (Å²) in [5.41, 5.74) is 1.86. The molecule has 2 amide bonds. The Hall–Kier alpha value is -3.32. The zero-order chi connectivity index (χ0) is 38.6. The summed E-state index contributed by atoms with van der Waals surface area (Å²) in [7, 11) is 0. The second-order valence-electron chi connectivity index (χ2n) is 14.9. The van der Waals surface area contributed by atoms with Crippen LogP contribution in [0.2, 0.25) is 0 Å². The quantitative estimate of drug-likeness (QED) is 0.0571. The fourth-order valence-corrected chi connectivity index (χ4v) is 8.09. The van der Waals surface area contributed by atoms with Crippen LogP contribution in [0.4, 0.5) is 9.59 Å². The molecule has 2 aliphatic carbocycles. The monoisotopic (exact) mass is 761 g/mol. The van der Waals surface area contributed by atoms with Gasteiger partial charge in [0, 0.05) is 44.2 Å². The standard InChI is InChI=1S/C40H60ClN3O9/c1-7-19-44(38(48)49-23-18-41)34-26-32(43-53-39(4,5)6)30-24-27(14-10-12-20-45)29(15-11-13-21-46)35-31-25-28(51-37(47)42-9-3)16-17-33(31)52-40(34,36(30)35)50-22-8-2/h8,16-17,24-25,27,29,34-36,45-46H,2,7,9-15,18-23,26H2,1,3-6H3,(H,42,47). The van der Waals surface area contributed by atoms with E-state index < -0.39 is 35.5 Å². The summed E-state index contributed by atoms with van der Waals surface area (Å²) in [4.78, 5) is 34.4. The molecule has 1 fully saturated rings. The van der Waals surface area contributed by atoms with Crippen molar-refractivity contribution >= 4 is 29.5 Å². The van der Waals surface area contributed by atoms with Crippen molar-refractivity contribution in [1.29, 1.82) is 0 Å². The summed E-state index contributed by atoms with van der Waals surface area (Å²) in [6, 6.07) is 4.68. The van der Waals surface area contributed by atoms with Crippen molar-refractivity contribution < 1.29 is 43.6 Å². The molecule has 0 radical (unpaired) electrons. The fourth-order valence-electron chi connectivity index (χ4n) is 8.02. The molecule has 4 rings (SSSR count). The molecule has 53 heavy (non-hydrogen) atoms. The average molecular weight is 762 g/mol. The molecule has 0 bridgehead atoms. The second-order valence-corrected chi connectivity index (χ2v) is 15.3. The summed E-state index contributed by atoms with van der Waals surface area (Å²) in [6.45, 7) is 14.7. The molecule has 6 unspecified atom stereocenters. The van der Waals surface area contributed by atoms with E-state index in [1.807, 2.05) is 46.8 Å². The van der Waals surface area contributed by atoms with Gasteiger partial charge in [-0.05, 0) is 95.4 Å². The maximum atomic E-state index is 14.0. The van der Waals surface area contributed by atoms with Crippen molar-refractivity contribution in [1.82, 2.24) is 10.2 Å². The van der Waals surface area contributed by atoms with Gasteiger partial charge >= 0.3 is 12.2 Å². The number of unbranched alkanes of at least 4 members (excludes halogenated alkanes) is 2. The third kappa shape index (κ3) is 10.3. The van der Waals surface area contributed by atoms with Gasteiger partial charge in [-0.1, -0.05) is 37.1 Å². The number of hydrogen-bond acceptors (Lipinski definition) is 10. The Labute approximate surface area is 319 Å². The third-order valence-corrected chi connectivity index (χ3v) is 10.1.